The van der Waals surface area contributed by atoms with Gasteiger partial charge in [-0.2, -0.15) is 5.26 Å². The molecule has 5 rings (SSSR count). The summed E-state index contributed by atoms with van der Waals surface area (Å²) in [6, 6.07) is 25.5. The smallest absolute Gasteiger partial charge is 0.335 e. The Balaban J connectivity index is 1.25. The van der Waals surface area contributed by atoms with E-state index in [1.165, 1.54) is 109 Å². The number of nitriles is 1. The van der Waals surface area contributed by atoms with Crippen molar-refractivity contribution in [3.05, 3.63) is 143 Å². The van der Waals surface area contributed by atoms with Crippen molar-refractivity contribution in [2.75, 3.05) is 35.0 Å². The first kappa shape index (κ1) is 44.5. The molecule has 0 unspecified atom stereocenters. The van der Waals surface area contributed by atoms with Gasteiger partial charge in [-0.1, -0.05) is 6.92 Å². The van der Waals surface area contributed by atoms with E-state index < -0.39 is 59.3 Å². The zero-order chi connectivity index (χ0) is 44.9. The Kier molecular flexibility index (Phi) is 14.7. The lowest BCUT2D eigenvalue weighted by atomic mass is 10.1. The number of hydrogen-bond acceptors (Lipinski definition) is 11. The highest BCUT2D eigenvalue weighted by atomic mass is 16.5. The van der Waals surface area contributed by atoms with Gasteiger partial charge in [0, 0.05) is 40.9 Å². The zero-order valence-electron chi connectivity index (χ0n) is 33.1. The first-order valence-corrected chi connectivity index (χ1v) is 18.6. The summed E-state index contributed by atoms with van der Waals surface area (Å²) in [6.45, 7) is 1.94. The summed E-state index contributed by atoms with van der Waals surface area (Å²) in [4.78, 5) is 89.3. The molecule has 0 spiro atoms. The standard InChI is InChI=1S/C44H39N7O11/c1-3-22-62-36-33(21-20-32(35(36)52)42(57)48-30-18-12-28(13-19-30)44(59)60)50-40(55)26-8-16-31(17-9-26)49-43(58)34(37(61-2)38(46)53)51-41(56)27-10-14-29(15-11-27)47-39(54)25-6-4-24(23-45)5-7-25/h4-21,34,37,52H,3,22H2,1-2H3,(H2,46,53)(H,47,54)(H,48,57)(H,49,58)(H,50,55)(H,51,56)(H,59,60)/t34-,37+/m0/s1. The van der Waals surface area contributed by atoms with Gasteiger partial charge in [-0.25, -0.2) is 4.79 Å². The number of carboxylic acids is 1. The number of nitrogens with one attached hydrogen (secondary N) is 5. The third kappa shape index (κ3) is 11.1. The van der Waals surface area contributed by atoms with Gasteiger partial charge in [0.15, 0.2) is 17.6 Å². The van der Waals surface area contributed by atoms with E-state index in [1.807, 2.05) is 13.0 Å². The number of benzene rings is 5. The Hall–Kier alpha value is -8.56. The summed E-state index contributed by atoms with van der Waals surface area (Å²) in [5.41, 5.74) is 7.01. The number of rotatable bonds is 17. The number of amides is 6. The fraction of sp³-hybridized carbons (Fsp3) is 0.136. The minimum absolute atomic E-state index is 0.0178. The van der Waals surface area contributed by atoms with Crippen molar-refractivity contribution in [3.8, 4) is 17.6 Å². The highest BCUT2D eigenvalue weighted by Crippen LogP contribution is 2.38. The number of aromatic hydroxyl groups is 1. The van der Waals surface area contributed by atoms with E-state index in [0.29, 0.717) is 23.2 Å². The molecule has 0 aliphatic rings. The molecule has 9 N–H and O–H groups in total. The topological polar surface area (TPSA) is 288 Å². The zero-order valence-corrected chi connectivity index (χ0v) is 33.1. The van der Waals surface area contributed by atoms with Crippen molar-refractivity contribution in [2.24, 2.45) is 5.73 Å². The van der Waals surface area contributed by atoms with Gasteiger partial charge in [0.2, 0.25) is 11.8 Å². The van der Waals surface area contributed by atoms with Crippen LogP contribution >= 0.6 is 0 Å². The van der Waals surface area contributed by atoms with Crippen LogP contribution in [0.3, 0.4) is 0 Å². The molecule has 6 amide bonds. The maximum atomic E-state index is 13.5. The molecule has 18 heteroatoms. The number of hydrogen-bond donors (Lipinski definition) is 8. The Labute approximate surface area is 353 Å². The average Bonchev–Trinajstić information content (AvgIpc) is 3.26. The van der Waals surface area contributed by atoms with E-state index >= 15 is 0 Å². The van der Waals surface area contributed by atoms with Crippen molar-refractivity contribution in [1.82, 2.24) is 5.32 Å². The summed E-state index contributed by atoms with van der Waals surface area (Å²) in [6.07, 6.45) is -1.07. The maximum Gasteiger partial charge on any atom is 0.335 e. The number of carbonyl (C=O) groups is 7. The summed E-state index contributed by atoms with van der Waals surface area (Å²) >= 11 is 0. The fourth-order valence-corrected chi connectivity index (χ4v) is 5.74. The number of anilines is 4. The second-order valence-corrected chi connectivity index (χ2v) is 13.3. The molecule has 316 valence electrons. The van der Waals surface area contributed by atoms with Crippen LogP contribution in [0.1, 0.15) is 70.7 Å². The van der Waals surface area contributed by atoms with Crippen LogP contribution in [0.25, 0.3) is 0 Å². The molecular weight excluding hydrogens is 803 g/mol. The van der Waals surface area contributed by atoms with Crippen LogP contribution in [0.15, 0.2) is 109 Å². The average molecular weight is 842 g/mol. The van der Waals surface area contributed by atoms with Crippen LogP contribution in [0.2, 0.25) is 0 Å². The Morgan fingerprint density at radius 2 is 1.15 bits per heavy atom. The van der Waals surface area contributed by atoms with Crippen molar-refractivity contribution in [3.63, 3.8) is 0 Å². The quantitative estimate of drug-likeness (QED) is 0.0630. The van der Waals surface area contributed by atoms with Crippen molar-refractivity contribution >= 4 is 64.2 Å². The summed E-state index contributed by atoms with van der Waals surface area (Å²) in [5, 5.41) is 42.1. The molecule has 5 aromatic carbocycles. The predicted octanol–water partition coefficient (Wildman–Crippen LogP) is 4.75. The minimum Gasteiger partial charge on any atom is -0.504 e. The monoisotopic (exact) mass is 841 g/mol. The van der Waals surface area contributed by atoms with Gasteiger partial charge >= 0.3 is 5.97 Å². The van der Waals surface area contributed by atoms with E-state index in [4.69, 9.17) is 25.6 Å². The second-order valence-electron chi connectivity index (χ2n) is 13.3. The number of primary amides is 1. The van der Waals surface area contributed by atoms with Crippen LogP contribution in [0, 0.1) is 11.3 Å². The highest BCUT2D eigenvalue weighted by molar-refractivity contribution is 6.10. The minimum atomic E-state index is -1.62. The molecule has 0 aliphatic heterocycles. The molecule has 0 aliphatic carbocycles. The summed E-state index contributed by atoms with van der Waals surface area (Å²) in [7, 11) is 1.13. The molecule has 0 fully saturated rings. The summed E-state index contributed by atoms with van der Waals surface area (Å²) < 4.78 is 10.9. The van der Waals surface area contributed by atoms with Crippen LogP contribution in [0.4, 0.5) is 22.7 Å². The molecule has 2 atom stereocenters. The number of aromatic carboxylic acids is 1. The Bertz CT molecular complexity index is 2540. The highest BCUT2D eigenvalue weighted by Gasteiger charge is 2.34. The van der Waals surface area contributed by atoms with Gasteiger partial charge in [-0.05, 0) is 116 Å². The number of phenolic OH excluding ortho intramolecular Hbond substituents is 1. The Morgan fingerprint density at radius 1 is 0.661 bits per heavy atom. The number of methoxy groups -OCH3 is 1. The molecular formula is C44H39N7O11. The molecule has 0 radical (unpaired) electrons. The molecule has 0 saturated carbocycles. The van der Waals surface area contributed by atoms with Crippen molar-refractivity contribution < 1.29 is 53.2 Å². The number of phenols is 1. The van der Waals surface area contributed by atoms with Gasteiger partial charge in [-0.15, -0.1) is 0 Å². The van der Waals surface area contributed by atoms with Gasteiger partial charge in [0.1, 0.15) is 6.04 Å². The summed E-state index contributed by atoms with van der Waals surface area (Å²) in [5.74, 6) is -6.41. The van der Waals surface area contributed by atoms with Gasteiger partial charge in [-0.3, -0.25) is 28.8 Å². The van der Waals surface area contributed by atoms with Crippen LogP contribution < -0.4 is 37.1 Å². The normalized spacial score (nSPS) is 11.4. The first-order chi connectivity index (χ1) is 29.7. The number of nitrogens with two attached hydrogens (primary N) is 1. The molecule has 0 bridgehead atoms. The molecule has 62 heavy (non-hydrogen) atoms. The molecule has 5 aromatic rings. The van der Waals surface area contributed by atoms with Gasteiger partial charge < -0.3 is 52.0 Å². The van der Waals surface area contributed by atoms with Gasteiger partial charge in [0.25, 0.3) is 23.6 Å². The van der Waals surface area contributed by atoms with E-state index in [9.17, 15) is 38.7 Å². The van der Waals surface area contributed by atoms with E-state index in [2.05, 4.69) is 26.6 Å². The number of carbonyl (C=O) groups excluding carboxylic acids is 6. The first-order valence-electron chi connectivity index (χ1n) is 18.6. The largest absolute Gasteiger partial charge is 0.504 e. The van der Waals surface area contributed by atoms with Crippen LogP contribution in [-0.4, -0.2) is 77.5 Å². The molecule has 0 saturated heterocycles. The SMILES string of the molecule is CCCOc1c(NC(=O)c2ccc(NC(=O)[C@@H](NC(=O)c3ccc(NC(=O)c4ccc(C#N)cc4)cc3)[C@@H](OC)C(N)=O)cc2)ccc(C(=O)Nc2ccc(C(=O)O)cc2)c1O. The lowest BCUT2D eigenvalue weighted by Crippen LogP contribution is -2.56. The lowest BCUT2D eigenvalue weighted by molar-refractivity contribution is -0.134. The number of carboxylic acid groups (broad SMARTS) is 1. The number of ether oxygens (including phenoxy) is 2. The van der Waals surface area contributed by atoms with Crippen LogP contribution in [-0.2, 0) is 14.3 Å². The predicted molar refractivity (Wildman–Crippen MR) is 225 cm³/mol. The fourth-order valence-electron chi connectivity index (χ4n) is 5.74. The van der Waals surface area contributed by atoms with E-state index in [0.717, 1.165) is 7.11 Å². The maximum absolute atomic E-state index is 13.5. The Morgan fingerprint density at radius 3 is 1.65 bits per heavy atom. The van der Waals surface area contributed by atoms with Crippen molar-refractivity contribution in [2.45, 2.75) is 25.5 Å². The van der Waals surface area contributed by atoms with Crippen LogP contribution in [0.5, 0.6) is 11.5 Å². The third-order valence-corrected chi connectivity index (χ3v) is 8.97. The van der Waals surface area contributed by atoms with Crippen molar-refractivity contribution in [1.29, 1.82) is 5.26 Å². The van der Waals surface area contributed by atoms with E-state index in [-0.39, 0.29) is 51.7 Å². The third-order valence-electron chi connectivity index (χ3n) is 8.97. The molecule has 18 nitrogen and oxygen atoms in total. The van der Waals surface area contributed by atoms with E-state index in [1.54, 1.807) is 0 Å². The molecule has 0 aromatic heterocycles. The lowest BCUT2D eigenvalue weighted by Gasteiger charge is -2.24. The second kappa shape index (κ2) is 20.4. The number of nitrogens with zero attached hydrogens (tertiary/aromatic N) is 1. The van der Waals surface area contributed by atoms with Gasteiger partial charge in [0.05, 0.1) is 35.1 Å². The molecule has 0 heterocycles.